The van der Waals surface area contributed by atoms with Gasteiger partial charge in [-0.05, 0) is 70.8 Å². The fourth-order valence-electron chi connectivity index (χ4n) is 7.64. The maximum atomic E-state index is 5.37. The van der Waals surface area contributed by atoms with Crippen LogP contribution in [-0.2, 0) is 0 Å². The van der Waals surface area contributed by atoms with Gasteiger partial charge in [0, 0.05) is 32.9 Å². The number of aromatic nitrogens is 2. The Bertz CT molecular complexity index is 2770. The summed E-state index contributed by atoms with van der Waals surface area (Å²) < 4.78 is 4.73. The van der Waals surface area contributed by atoms with E-state index in [1.54, 1.807) is 0 Å². The Balaban J connectivity index is 1.16. The predicted octanol–water partition coefficient (Wildman–Crippen LogP) is 11.1. The van der Waals surface area contributed by atoms with E-state index in [1.165, 1.54) is 43.7 Å². The van der Waals surface area contributed by atoms with Gasteiger partial charge < -0.3 is 14.5 Å². The van der Waals surface area contributed by atoms with Gasteiger partial charge in [0.25, 0.3) is 0 Å². The molecular weight excluding hydrogens is 609 g/mol. The standard InChI is InChI=1S/C46H32N4/c1-4-14-31(15-5-1)40-30-41(32-16-6-2-7-17-32)48-46(47-40)50-43-23-13-10-20-36(43)38-26-24-34(29-45(38)50)33-25-27-44-39(28-33)37-21-11-12-22-42(37)49(44)35-18-8-3-9-19-35/h1-30,46-47H. The highest BCUT2D eigenvalue weighted by molar-refractivity contribution is 6.14. The lowest BCUT2D eigenvalue weighted by molar-refractivity contribution is 0.508. The first-order valence-corrected chi connectivity index (χ1v) is 17.1. The summed E-state index contributed by atoms with van der Waals surface area (Å²) in [6.07, 6.45) is 1.82. The van der Waals surface area contributed by atoms with Gasteiger partial charge >= 0.3 is 0 Å². The van der Waals surface area contributed by atoms with Gasteiger partial charge in [0.1, 0.15) is 0 Å². The molecule has 1 N–H and O–H groups in total. The Morgan fingerprint density at radius 1 is 0.420 bits per heavy atom. The topological polar surface area (TPSA) is 34.2 Å². The SMILES string of the molecule is C1=C(c2ccccc2)NC(n2c3ccccc3c3ccc(-c4ccc5c(c4)c4ccccc4n5-c4ccccc4)cc32)N=C1c1ccccc1. The molecule has 3 heterocycles. The lowest BCUT2D eigenvalue weighted by Gasteiger charge is -2.27. The normalized spacial score (nSPS) is 14.6. The fraction of sp³-hybridized carbons (Fsp3) is 0.0217. The molecule has 9 aromatic rings. The molecule has 1 unspecified atom stereocenters. The summed E-state index contributed by atoms with van der Waals surface area (Å²) in [4.78, 5) is 5.37. The molecule has 4 nitrogen and oxygen atoms in total. The number of aliphatic imine (C=N–C) groups is 1. The van der Waals surface area contributed by atoms with E-state index in [4.69, 9.17) is 4.99 Å². The van der Waals surface area contributed by atoms with Crippen molar-refractivity contribution < 1.29 is 0 Å². The predicted molar refractivity (Wildman–Crippen MR) is 209 cm³/mol. The number of nitrogens with one attached hydrogen (secondary N) is 1. The second-order valence-corrected chi connectivity index (χ2v) is 12.9. The van der Waals surface area contributed by atoms with Crippen molar-refractivity contribution >= 4 is 55.0 Å². The summed E-state index contributed by atoms with van der Waals surface area (Å²) in [5.74, 6) is 0. The molecule has 0 fully saturated rings. The number of hydrogen-bond donors (Lipinski definition) is 1. The number of hydrogen-bond acceptors (Lipinski definition) is 2. The van der Waals surface area contributed by atoms with Gasteiger partial charge in [0.2, 0.25) is 6.29 Å². The minimum absolute atomic E-state index is 0.352. The third-order valence-corrected chi connectivity index (χ3v) is 9.96. The molecular formula is C46H32N4. The van der Waals surface area contributed by atoms with E-state index in [1.807, 2.05) is 0 Å². The smallest absolute Gasteiger partial charge is 0.201 e. The number of benzene rings is 7. The van der Waals surface area contributed by atoms with Crippen molar-refractivity contribution in [3.63, 3.8) is 0 Å². The molecule has 7 aromatic carbocycles. The summed E-state index contributed by atoms with van der Waals surface area (Å²) in [5.41, 5.74) is 12.4. The molecule has 0 radical (unpaired) electrons. The molecule has 10 rings (SSSR count). The highest BCUT2D eigenvalue weighted by Crippen LogP contribution is 2.39. The Labute approximate surface area is 289 Å². The van der Waals surface area contributed by atoms with Gasteiger partial charge in [-0.2, -0.15) is 0 Å². The largest absolute Gasteiger partial charge is 0.346 e. The Hall–Kier alpha value is -6.65. The van der Waals surface area contributed by atoms with E-state index in [-0.39, 0.29) is 6.29 Å². The van der Waals surface area contributed by atoms with Crippen LogP contribution >= 0.6 is 0 Å². The molecule has 0 saturated heterocycles. The van der Waals surface area contributed by atoms with Crippen LogP contribution < -0.4 is 5.32 Å². The van der Waals surface area contributed by atoms with E-state index in [9.17, 15) is 0 Å². The van der Waals surface area contributed by atoms with Crippen LogP contribution in [0.2, 0.25) is 0 Å². The van der Waals surface area contributed by atoms with Crippen LogP contribution in [-0.4, -0.2) is 14.8 Å². The first kappa shape index (κ1) is 28.4. The molecule has 2 aromatic heterocycles. The van der Waals surface area contributed by atoms with Gasteiger partial charge in [0.05, 0.1) is 27.8 Å². The summed E-state index contributed by atoms with van der Waals surface area (Å²) in [5, 5.41) is 8.72. The molecule has 1 atom stereocenters. The molecule has 0 aliphatic carbocycles. The molecule has 0 amide bonds. The summed E-state index contributed by atoms with van der Waals surface area (Å²) in [6, 6.07) is 62.8. The zero-order valence-corrected chi connectivity index (χ0v) is 27.2. The molecule has 50 heavy (non-hydrogen) atoms. The lowest BCUT2D eigenvalue weighted by Crippen LogP contribution is -2.29. The third kappa shape index (κ3) is 4.57. The van der Waals surface area contributed by atoms with Crippen LogP contribution in [0.15, 0.2) is 187 Å². The molecule has 1 aliphatic heterocycles. The molecule has 0 spiro atoms. The minimum atomic E-state index is -0.352. The average Bonchev–Trinajstić information content (AvgIpc) is 3.71. The Morgan fingerprint density at radius 3 is 1.74 bits per heavy atom. The van der Waals surface area contributed by atoms with Crippen molar-refractivity contribution in [2.45, 2.75) is 6.29 Å². The van der Waals surface area contributed by atoms with Crippen molar-refractivity contribution in [2.24, 2.45) is 4.99 Å². The molecule has 1 aliphatic rings. The zero-order chi connectivity index (χ0) is 33.0. The Kier molecular flexibility index (Phi) is 6.53. The van der Waals surface area contributed by atoms with Gasteiger partial charge in [-0.15, -0.1) is 0 Å². The van der Waals surface area contributed by atoms with Crippen LogP contribution in [0.4, 0.5) is 0 Å². The van der Waals surface area contributed by atoms with Crippen LogP contribution in [0.25, 0.3) is 66.1 Å². The van der Waals surface area contributed by atoms with E-state index in [2.05, 4.69) is 196 Å². The number of fused-ring (bicyclic) bond motifs is 6. The van der Waals surface area contributed by atoms with Crippen LogP contribution in [0.3, 0.4) is 0 Å². The number of rotatable bonds is 5. The van der Waals surface area contributed by atoms with E-state index >= 15 is 0 Å². The molecule has 0 bridgehead atoms. The maximum Gasteiger partial charge on any atom is 0.201 e. The summed E-state index contributed by atoms with van der Waals surface area (Å²) in [6.45, 7) is 0. The van der Waals surface area contributed by atoms with E-state index < -0.39 is 0 Å². The number of nitrogens with zero attached hydrogens (tertiary/aromatic N) is 3. The van der Waals surface area contributed by atoms with Crippen LogP contribution in [0.1, 0.15) is 17.4 Å². The molecule has 0 saturated carbocycles. The van der Waals surface area contributed by atoms with E-state index in [0.717, 1.165) is 39.3 Å². The summed E-state index contributed by atoms with van der Waals surface area (Å²) >= 11 is 0. The second kappa shape index (κ2) is 11.5. The van der Waals surface area contributed by atoms with Gasteiger partial charge in [-0.1, -0.05) is 133 Å². The van der Waals surface area contributed by atoms with Gasteiger partial charge in [-0.25, -0.2) is 4.99 Å². The quantitative estimate of drug-likeness (QED) is 0.200. The van der Waals surface area contributed by atoms with Crippen molar-refractivity contribution in [3.8, 4) is 16.8 Å². The van der Waals surface area contributed by atoms with Crippen LogP contribution in [0, 0.1) is 0 Å². The van der Waals surface area contributed by atoms with E-state index in [0.29, 0.717) is 0 Å². The minimum Gasteiger partial charge on any atom is -0.346 e. The first-order valence-electron chi connectivity index (χ1n) is 17.1. The molecule has 4 heteroatoms. The lowest BCUT2D eigenvalue weighted by atomic mass is 10.0. The van der Waals surface area contributed by atoms with Crippen molar-refractivity contribution in [1.82, 2.24) is 14.5 Å². The highest BCUT2D eigenvalue weighted by Gasteiger charge is 2.24. The second-order valence-electron chi connectivity index (χ2n) is 12.9. The first-order chi connectivity index (χ1) is 24.8. The number of para-hydroxylation sites is 3. The molecule has 236 valence electrons. The van der Waals surface area contributed by atoms with Crippen molar-refractivity contribution in [2.75, 3.05) is 0 Å². The monoisotopic (exact) mass is 640 g/mol. The van der Waals surface area contributed by atoms with Crippen molar-refractivity contribution in [1.29, 1.82) is 0 Å². The van der Waals surface area contributed by atoms with Gasteiger partial charge in [0.15, 0.2) is 0 Å². The van der Waals surface area contributed by atoms with Crippen LogP contribution in [0.5, 0.6) is 0 Å². The highest BCUT2D eigenvalue weighted by atomic mass is 15.3. The zero-order valence-electron chi connectivity index (χ0n) is 27.2. The fourth-order valence-corrected chi connectivity index (χ4v) is 7.64. The number of allylic oxidation sites excluding steroid dienone is 1. The third-order valence-electron chi connectivity index (χ3n) is 9.96. The van der Waals surface area contributed by atoms with Crippen molar-refractivity contribution in [3.05, 3.63) is 193 Å². The maximum absolute atomic E-state index is 5.37. The average molecular weight is 641 g/mol. The Morgan fingerprint density at radius 2 is 0.980 bits per heavy atom. The van der Waals surface area contributed by atoms with Gasteiger partial charge in [-0.3, -0.25) is 0 Å². The summed E-state index contributed by atoms with van der Waals surface area (Å²) in [7, 11) is 0.